The number of carbonyl (C=O) groups is 5. The van der Waals surface area contributed by atoms with E-state index in [1.54, 1.807) is 11.8 Å². The molecule has 0 aromatic heterocycles. The van der Waals surface area contributed by atoms with Gasteiger partial charge in [0.05, 0.1) is 6.42 Å². The minimum atomic E-state index is -1.21. The van der Waals surface area contributed by atoms with Crippen LogP contribution in [0.15, 0.2) is 60.7 Å². The Morgan fingerprint density at radius 1 is 0.619 bits per heavy atom. The fourth-order valence-electron chi connectivity index (χ4n) is 2.58. The van der Waals surface area contributed by atoms with Crippen LogP contribution in [0.25, 0.3) is 0 Å². The number of carboxylic acid groups (broad SMARTS) is 4. The first-order valence-corrected chi connectivity index (χ1v) is 13.8. The maximum atomic E-state index is 10.4. The lowest BCUT2D eigenvalue weighted by Crippen LogP contribution is -2.34. The van der Waals surface area contributed by atoms with Crippen LogP contribution in [0, 0.1) is 0 Å². The smallest absolute Gasteiger partial charge is 0.321 e. The SMILES string of the molecule is CSCC[C@H](N)C(=O)O.NC(=O)C[C@H](N)C(=O)O.N[C@@H](Cc1ccccc1)C(=O)O.N[C@@H](Cc1ccccc1)C(=O)O. The van der Waals surface area contributed by atoms with Gasteiger partial charge in [0, 0.05) is 0 Å². The van der Waals surface area contributed by atoms with Crippen LogP contribution in [0.3, 0.4) is 0 Å². The number of aliphatic carboxylic acids is 4. The predicted molar refractivity (Wildman–Crippen MR) is 160 cm³/mol. The van der Waals surface area contributed by atoms with E-state index in [1.807, 2.05) is 66.9 Å². The molecule has 14 nitrogen and oxygen atoms in total. The molecule has 0 spiro atoms. The predicted octanol–water partition coefficient (Wildman–Crippen LogP) is -0.293. The van der Waals surface area contributed by atoms with Gasteiger partial charge in [-0.05, 0) is 42.4 Å². The molecule has 2 rings (SSSR count). The van der Waals surface area contributed by atoms with Gasteiger partial charge in [-0.2, -0.15) is 11.8 Å². The quantitative estimate of drug-likeness (QED) is 0.141. The number of carbonyl (C=O) groups excluding carboxylic acids is 1. The van der Waals surface area contributed by atoms with Crippen LogP contribution in [-0.4, -0.2) is 86.4 Å². The van der Waals surface area contributed by atoms with E-state index >= 15 is 0 Å². The van der Waals surface area contributed by atoms with Crippen molar-refractivity contribution < 1.29 is 44.4 Å². The topological polar surface area (TPSA) is 296 Å². The summed E-state index contributed by atoms with van der Waals surface area (Å²) in [6, 6.07) is 15.2. The van der Waals surface area contributed by atoms with Gasteiger partial charge in [0.2, 0.25) is 5.91 Å². The minimum Gasteiger partial charge on any atom is -0.480 e. The van der Waals surface area contributed by atoms with Gasteiger partial charge in [-0.25, -0.2) is 0 Å². The van der Waals surface area contributed by atoms with Crippen molar-refractivity contribution in [3.05, 3.63) is 71.8 Å². The summed E-state index contributed by atoms with van der Waals surface area (Å²) in [5.74, 6) is -3.94. The molecule has 0 heterocycles. The first kappa shape index (κ1) is 40.1. The van der Waals surface area contributed by atoms with E-state index in [2.05, 4.69) is 5.73 Å². The second-order valence-electron chi connectivity index (χ2n) is 8.61. The van der Waals surface area contributed by atoms with E-state index in [-0.39, 0.29) is 6.42 Å². The molecule has 0 aliphatic heterocycles. The molecule has 42 heavy (non-hydrogen) atoms. The van der Waals surface area contributed by atoms with Crippen LogP contribution < -0.4 is 28.7 Å². The normalized spacial score (nSPS) is 12.6. The Morgan fingerprint density at radius 2 is 0.952 bits per heavy atom. The molecular weight excluding hydrogens is 570 g/mol. The van der Waals surface area contributed by atoms with Crippen molar-refractivity contribution in [2.24, 2.45) is 28.7 Å². The maximum absolute atomic E-state index is 10.4. The summed E-state index contributed by atoms with van der Waals surface area (Å²) < 4.78 is 0. The van der Waals surface area contributed by atoms with Crippen LogP contribution >= 0.6 is 11.8 Å². The molecule has 0 saturated heterocycles. The maximum Gasteiger partial charge on any atom is 0.321 e. The second kappa shape index (κ2) is 23.7. The number of primary amides is 1. The number of benzene rings is 2. The zero-order valence-corrected chi connectivity index (χ0v) is 24.1. The van der Waals surface area contributed by atoms with E-state index < -0.39 is 54.0 Å². The number of carboxylic acids is 4. The average molecular weight is 612 g/mol. The van der Waals surface area contributed by atoms with Crippen molar-refractivity contribution in [2.75, 3.05) is 12.0 Å². The third-order valence-corrected chi connectivity index (χ3v) is 5.56. The molecule has 0 saturated carbocycles. The Morgan fingerprint density at radius 3 is 1.19 bits per heavy atom. The van der Waals surface area contributed by atoms with E-state index in [0.717, 1.165) is 16.9 Å². The lowest BCUT2D eigenvalue weighted by molar-refractivity contribution is -0.140. The first-order chi connectivity index (χ1) is 19.6. The van der Waals surface area contributed by atoms with Crippen molar-refractivity contribution in [3.8, 4) is 0 Å². The van der Waals surface area contributed by atoms with E-state index in [1.165, 1.54) is 0 Å². The van der Waals surface area contributed by atoms with E-state index in [0.29, 0.717) is 19.3 Å². The Hall–Kier alpha value is -4.02. The van der Waals surface area contributed by atoms with Gasteiger partial charge in [-0.1, -0.05) is 60.7 Å². The minimum absolute atomic E-state index is 0.310. The highest BCUT2D eigenvalue weighted by atomic mass is 32.2. The zero-order chi connectivity index (χ0) is 32.7. The number of nitrogens with two attached hydrogens (primary N) is 5. The van der Waals surface area contributed by atoms with Crippen molar-refractivity contribution >= 4 is 41.5 Å². The van der Waals surface area contributed by atoms with Crippen molar-refractivity contribution in [1.29, 1.82) is 0 Å². The number of hydrogen-bond donors (Lipinski definition) is 9. The van der Waals surface area contributed by atoms with Gasteiger partial charge in [0.1, 0.15) is 24.2 Å². The molecule has 0 radical (unpaired) electrons. The third-order valence-electron chi connectivity index (χ3n) is 4.92. The summed E-state index contributed by atoms with van der Waals surface area (Å²) >= 11 is 1.60. The zero-order valence-electron chi connectivity index (χ0n) is 23.2. The van der Waals surface area contributed by atoms with Gasteiger partial charge < -0.3 is 49.1 Å². The standard InChI is InChI=1S/2C9H11NO2.C5H11NO2S.C4H8N2O3/c2*10-8(9(11)12)6-7-4-2-1-3-5-7;1-9-3-2-4(6)5(7)8;5-2(4(8)9)1-3(6)7/h2*1-5,8H,6,10H2,(H,11,12);4H,2-3,6H2,1H3,(H,7,8);2H,1,5H2,(H2,6,7)(H,8,9)/t2*8-;4-;2-/m0000/s1. The van der Waals surface area contributed by atoms with Gasteiger partial charge in [0.25, 0.3) is 0 Å². The summed E-state index contributed by atoms with van der Waals surface area (Å²) in [5.41, 5.74) is 27.4. The Kier molecular flexibility index (Phi) is 22.6. The fraction of sp³-hybridized carbons (Fsp3) is 0.370. The lowest BCUT2D eigenvalue weighted by Gasteiger charge is -2.04. The summed E-state index contributed by atoms with van der Waals surface area (Å²) in [4.78, 5) is 50.7. The van der Waals surface area contributed by atoms with Crippen LogP contribution in [0.1, 0.15) is 24.0 Å². The first-order valence-electron chi connectivity index (χ1n) is 12.4. The molecule has 14 N–H and O–H groups in total. The molecule has 0 aliphatic rings. The number of hydrogen-bond acceptors (Lipinski definition) is 10. The number of amides is 1. The monoisotopic (exact) mass is 611 g/mol. The molecule has 1 amide bonds. The summed E-state index contributed by atoms with van der Waals surface area (Å²) in [6.07, 6.45) is 2.94. The highest BCUT2D eigenvalue weighted by Gasteiger charge is 2.13. The van der Waals surface area contributed by atoms with Crippen LogP contribution in [0.5, 0.6) is 0 Å². The summed E-state index contributed by atoms with van der Waals surface area (Å²) in [6.45, 7) is 0. The van der Waals surface area contributed by atoms with Gasteiger partial charge >= 0.3 is 23.9 Å². The molecule has 0 unspecified atom stereocenters. The Balaban J connectivity index is 0. The highest BCUT2D eigenvalue weighted by molar-refractivity contribution is 7.98. The summed E-state index contributed by atoms with van der Waals surface area (Å²) in [5, 5.41) is 33.4. The Bertz CT molecular complexity index is 1020. The number of rotatable bonds is 13. The van der Waals surface area contributed by atoms with Crippen LogP contribution in [-0.2, 0) is 36.8 Å². The van der Waals surface area contributed by atoms with Crippen LogP contribution in [0.4, 0.5) is 0 Å². The molecule has 2 aromatic rings. The third kappa shape index (κ3) is 22.8. The molecule has 0 fully saturated rings. The molecule has 2 aromatic carbocycles. The van der Waals surface area contributed by atoms with Crippen molar-refractivity contribution in [3.63, 3.8) is 0 Å². The molecule has 234 valence electrons. The number of thioether (sulfide) groups is 1. The van der Waals surface area contributed by atoms with Gasteiger partial charge in [-0.3, -0.25) is 24.0 Å². The Labute approximate surface area is 248 Å². The lowest BCUT2D eigenvalue weighted by atomic mass is 10.1. The van der Waals surface area contributed by atoms with Gasteiger partial charge in [0.15, 0.2) is 0 Å². The molecule has 15 heteroatoms. The van der Waals surface area contributed by atoms with Crippen molar-refractivity contribution in [1.82, 2.24) is 0 Å². The molecule has 0 aliphatic carbocycles. The molecule has 0 bridgehead atoms. The molecule has 4 atom stereocenters. The largest absolute Gasteiger partial charge is 0.480 e. The summed E-state index contributed by atoms with van der Waals surface area (Å²) in [7, 11) is 0. The fourth-order valence-corrected chi connectivity index (χ4v) is 3.07. The second-order valence-corrected chi connectivity index (χ2v) is 9.60. The van der Waals surface area contributed by atoms with Gasteiger partial charge in [-0.15, -0.1) is 0 Å². The highest BCUT2D eigenvalue weighted by Crippen LogP contribution is 2.02. The van der Waals surface area contributed by atoms with Crippen molar-refractivity contribution in [2.45, 2.75) is 49.9 Å². The molecular formula is C27H41N5O9S. The van der Waals surface area contributed by atoms with Crippen LogP contribution in [0.2, 0.25) is 0 Å². The average Bonchev–Trinajstić information content (AvgIpc) is 2.93. The van der Waals surface area contributed by atoms with E-state index in [9.17, 15) is 24.0 Å². The van der Waals surface area contributed by atoms with E-state index in [4.69, 9.17) is 43.4 Å².